The molecule has 0 aromatic carbocycles. The molecule has 0 fully saturated rings. The van der Waals surface area contributed by atoms with Crippen LogP contribution in [0.25, 0.3) is 10.6 Å². The third kappa shape index (κ3) is 4.05. The number of nitrogens with zero attached hydrogens (tertiary/aromatic N) is 2. The van der Waals surface area contributed by atoms with Crippen LogP contribution in [0.15, 0.2) is 23.7 Å². The second-order valence-corrected chi connectivity index (χ2v) is 8.17. The van der Waals surface area contributed by atoms with Gasteiger partial charge in [-0.2, -0.15) is 0 Å². The predicted molar refractivity (Wildman–Crippen MR) is 97.8 cm³/mol. The Hall–Kier alpha value is -2.10. The molecule has 0 spiro atoms. The molecule has 3 aromatic rings. The third-order valence-electron chi connectivity index (χ3n) is 3.00. The van der Waals surface area contributed by atoms with E-state index in [0.717, 1.165) is 20.5 Å². The molecular formula is C15H14N4O2S3. The van der Waals surface area contributed by atoms with Gasteiger partial charge in [0.2, 0.25) is 5.91 Å². The quantitative estimate of drug-likeness (QED) is 0.711. The van der Waals surface area contributed by atoms with Crippen LogP contribution in [0.5, 0.6) is 0 Å². The van der Waals surface area contributed by atoms with Crippen molar-refractivity contribution in [2.24, 2.45) is 0 Å². The van der Waals surface area contributed by atoms with Crippen LogP contribution in [0.3, 0.4) is 0 Å². The first kappa shape index (κ1) is 16.7. The van der Waals surface area contributed by atoms with Crippen LogP contribution in [-0.4, -0.2) is 21.8 Å². The highest BCUT2D eigenvalue weighted by atomic mass is 32.1. The fourth-order valence-corrected chi connectivity index (χ4v) is 4.25. The molecule has 0 radical (unpaired) electrons. The molecule has 2 amide bonds. The summed E-state index contributed by atoms with van der Waals surface area (Å²) in [6, 6.07) is 3.93. The van der Waals surface area contributed by atoms with Crippen molar-refractivity contribution in [1.82, 2.24) is 15.3 Å². The van der Waals surface area contributed by atoms with Crippen LogP contribution >= 0.6 is 34.0 Å². The molecule has 0 saturated heterocycles. The summed E-state index contributed by atoms with van der Waals surface area (Å²) in [4.78, 5) is 34.2. The summed E-state index contributed by atoms with van der Waals surface area (Å²) < 4.78 is 0. The molecule has 0 saturated carbocycles. The van der Waals surface area contributed by atoms with Gasteiger partial charge in [0, 0.05) is 17.2 Å². The van der Waals surface area contributed by atoms with E-state index in [1.165, 1.54) is 29.6 Å². The Morgan fingerprint density at radius 2 is 2.08 bits per heavy atom. The summed E-state index contributed by atoms with van der Waals surface area (Å²) in [6.07, 6.45) is 1.57. The Morgan fingerprint density at radius 3 is 2.79 bits per heavy atom. The highest BCUT2D eigenvalue weighted by Gasteiger charge is 2.13. The molecule has 2 N–H and O–H groups in total. The van der Waals surface area contributed by atoms with Gasteiger partial charge in [-0.1, -0.05) is 0 Å². The minimum atomic E-state index is -0.195. The Labute approximate surface area is 150 Å². The lowest BCUT2D eigenvalue weighted by Gasteiger charge is -1.97. The second-order valence-electron chi connectivity index (χ2n) is 4.91. The number of aromatic nitrogens is 2. The van der Waals surface area contributed by atoms with Gasteiger partial charge in [-0.15, -0.1) is 34.0 Å². The predicted octanol–water partition coefficient (Wildman–Crippen LogP) is 3.52. The molecule has 0 aliphatic rings. The first-order chi connectivity index (χ1) is 11.5. The normalized spacial score (nSPS) is 10.6. The van der Waals surface area contributed by atoms with Gasteiger partial charge in [0.05, 0.1) is 28.3 Å². The molecule has 0 atom stereocenters. The van der Waals surface area contributed by atoms with Gasteiger partial charge in [0.15, 0.2) is 5.13 Å². The Bertz CT molecular complexity index is 881. The van der Waals surface area contributed by atoms with Gasteiger partial charge < -0.3 is 5.32 Å². The zero-order valence-corrected chi connectivity index (χ0v) is 15.4. The van der Waals surface area contributed by atoms with Crippen LogP contribution in [0.4, 0.5) is 5.13 Å². The molecule has 3 rings (SSSR count). The van der Waals surface area contributed by atoms with Crippen molar-refractivity contribution in [3.8, 4) is 10.6 Å². The first-order valence-corrected chi connectivity index (χ1v) is 9.55. The average Bonchev–Trinajstić information content (AvgIpc) is 3.24. The van der Waals surface area contributed by atoms with Crippen LogP contribution in [-0.2, 0) is 11.3 Å². The summed E-state index contributed by atoms with van der Waals surface area (Å²) in [5.41, 5.74) is 0.815. The Morgan fingerprint density at radius 1 is 1.25 bits per heavy atom. The minimum absolute atomic E-state index is 0.0538. The molecule has 24 heavy (non-hydrogen) atoms. The second kappa shape index (κ2) is 7.20. The molecule has 6 nitrogen and oxygen atoms in total. The number of thiazole rings is 2. The summed E-state index contributed by atoms with van der Waals surface area (Å²) in [5.74, 6) is -0.249. The number of nitrogens with one attached hydrogen (secondary N) is 2. The molecule has 0 bridgehead atoms. The number of hydrogen-bond acceptors (Lipinski definition) is 7. The van der Waals surface area contributed by atoms with Crippen molar-refractivity contribution < 1.29 is 9.59 Å². The van der Waals surface area contributed by atoms with Gasteiger partial charge in [-0.05, 0) is 19.1 Å². The molecule has 9 heteroatoms. The fraction of sp³-hybridized carbons (Fsp3) is 0.200. The van der Waals surface area contributed by atoms with Crippen molar-refractivity contribution in [1.29, 1.82) is 0 Å². The van der Waals surface area contributed by atoms with Gasteiger partial charge in [-0.25, -0.2) is 9.97 Å². The lowest BCUT2D eigenvalue weighted by atomic mass is 10.3. The largest absolute Gasteiger partial charge is 0.351 e. The molecule has 0 aliphatic heterocycles. The number of amides is 2. The number of carbonyl (C=O) groups is 2. The SMILES string of the molecule is CC(=O)NCc1ccc(-c2csc(NC(=O)c3cnc(C)s3)n2)s1. The van der Waals surface area contributed by atoms with Crippen molar-refractivity contribution in [3.05, 3.63) is 38.5 Å². The van der Waals surface area contributed by atoms with Crippen LogP contribution < -0.4 is 10.6 Å². The van der Waals surface area contributed by atoms with Crippen molar-refractivity contribution in [2.45, 2.75) is 20.4 Å². The summed E-state index contributed by atoms with van der Waals surface area (Å²) >= 11 is 4.30. The molecule has 3 aromatic heterocycles. The van der Waals surface area contributed by atoms with E-state index in [-0.39, 0.29) is 11.8 Å². The number of rotatable bonds is 5. The summed E-state index contributed by atoms with van der Waals surface area (Å²) in [5, 5.41) is 8.88. The van der Waals surface area contributed by atoms with E-state index in [1.54, 1.807) is 17.5 Å². The fourth-order valence-electron chi connectivity index (χ4n) is 1.89. The van der Waals surface area contributed by atoms with Gasteiger partial charge in [0.1, 0.15) is 4.88 Å². The van der Waals surface area contributed by atoms with E-state index in [9.17, 15) is 9.59 Å². The highest BCUT2D eigenvalue weighted by molar-refractivity contribution is 7.17. The molecule has 124 valence electrons. The smallest absolute Gasteiger partial charge is 0.269 e. The van der Waals surface area contributed by atoms with Crippen molar-refractivity contribution in [3.63, 3.8) is 0 Å². The lowest BCUT2D eigenvalue weighted by molar-refractivity contribution is -0.119. The van der Waals surface area contributed by atoms with Crippen LogP contribution in [0, 0.1) is 6.92 Å². The van der Waals surface area contributed by atoms with Gasteiger partial charge in [0.25, 0.3) is 5.91 Å². The molecule has 3 heterocycles. The number of aryl methyl sites for hydroxylation is 1. The van der Waals surface area contributed by atoms with E-state index in [0.29, 0.717) is 16.6 Å². The summed E-state index contributed by atoms with van der Waals surface area (Å²) in [7, 11) is 0. The average molecular weight is 379 g/mol. The van der Waals surface area contributed by atoms with Gasteiger partial charge in [-0.3, -0.25) is 14.9 Å². The monoisotopic (exact) mass is 378 g/mol. The van der Waals surface area contributed by atoms with Crippen LogP contribution in [0.1, 0.15) is 26.5 Å². The van der Waals surface area contributed by atoms with E-state index < -0.39 is 0 Å². The van der Waals surface area contributed by atoms with Crippen molar-refractivity contribution in [2.75, 3.05) is 5.32 Å². The van der Waals surface area contributed by atoms with E-state index in [4.69, 9.17) is 0 Å². The number of thiophene rings is 1. The van der Waals surface area contributed by atoms with E-state index in [2.05, 4.69) is 20.6 Å². The maximum Gasteiger partial charge on any atom is 0.269 e. The van der Waals surface area contributed by atoms with Crippen molar-refractivity contribution >= 4 is 51.0 Å². The van der Waals surface area contributed by atoms with E-state index in [1.807, 2.05) is 24.4 Å². The molecule has 0 unspecified atom stereocenters. The lowest BCUT2D eigenvalue weighted by Crippen LogP contribution is -2.17. The Balaban J connectivity index is 1.67. The maximum absolute atomic E-state index is 12.1. The third-order valence-corrected chi connectivity index (χ3v) is 5.77. The number of carbonyl (C=O) groups excluding carboxylic acids is 2. The zero-order valence-electron chi connectivity index (χ0n) is 13.0. The maximum atomic E-state index is 12.1. The van der Waals surface area contributed by atoms with Crippen LogP contribution in [0.2, 0.25) is 0 Å². The standard InChI is InChI=1S/C15H14N4O2S3/c1-8(20)16-5-10-3-4-12(24-10)11-7-22-15(18-11)19-14(21)13-6-17-9(2)23-13/h3-4,6-7H,5H2,1-2H3,(H,16,20)(H,18,19,21). The highest BCUT2D eigenvalue weighted by Crippen LogP contribution is 2.31. The number of hydrogen-bond donors (Lipinski definition) is 2. The number of anilines is 1. The zero-order chi connectivity index (χ0) is 17.1. The Kier molecular flexibility index (Phi) is 5.03. The summed E-state index contributed by atoms with van der Waals surface area (Å²) in [6.45, 7) is 3.87. The molecular weight excluding hydrogens is 364 g/mol. The van der Waals surface area contributed by atoms with E-state index >= 15 is 0 Å². The topological polar surface area (TPSA) is 84.0 Å². The first-order valence-electron chi connectivity index (χ1n) is 7.04. The van der Waals surface area contributed by atoms with Gasteiger partial charge >= 0.3 is 0 Å². The minimum Gasteiger partial charge on any atom is -0.351 e. The molecule has 0 aliphatic carbocycles.